The van der Waals surface area contributed by atoms with Gasteiger partial charge in [0.2, 0.25) is 11.8 Å². The van der Waals surface area contributed by atoms with Crippen LogP contribution in [0.4, 0.5) is 10.1 Å². The van der Waals surface area contributed by atoms with Crippen molar-refractivity contribution < 1.29 is 18.7 Å². The number of ether oxygens (including phenoxy) is 1. The smallest absolute Gasteiger partial charge is 0.251 e. The molecule has 0 saturated heterocycles. The van der Waals surface area contributed by atoms with Crippen LogP contribution in [0.25, 0.3) is 0 Å². The number of nitrogens with one attached hydrogen (secondary N) is 2. The van der Waals surface area contributed by atoms with Gasteiger partial charge in [0.25, 0.3) is 5.91 Å². The third-order valence-electron chi connectivity index (χ3n) is 4.33. The SMILES string of the molecule is CC(C)CC(=O)NC(C(=O)Nc1ccc(Oc2ccc(F)cc2)nc1)c1ccccc1. The van der Waals surface area contributed by atoms with Crippen LogP contribution in [0.2, 0.25) is 0 Å². The number of carbonyl (C=O) groups excluding carboxylic acids is 2. The van der Waals surface area contributed by atoms with Crippen molar-refractivity contribution in [2.24, 2.45) is 5.92 Å². The van der Waals surface area contributed by atoms with Gasteiger partial charge < -0.3 is 15.4 Å². The number of nitrogens with zero attached hydrogens (tertiary/aromatic N) is 1. The molecule has 7 heteroatoms. The molecular formula is C24H24FN3O3. The van der Waals surface area contributed by atoms with Crippen molar-refractivity contribution in [3.8, 4) is 11.6 Å². The number of carbonyl (C=O) groups is 2. The van der Waals surface area contributed by atoms with Gasteiger partial charge in [0.05, 0.1) is 11.9 Å². The zero-order valence-electron chi connectivity index (χ0n) is 17.3. The summed E-state index contributed by atoms with van der Waals surface area (Å²) in [5.41, 5.74) is 1.14. The number of pyridine rings is 1. The maximum absolute atomic E-state index is 13.0. The summed E-state index contributed by atoms with van der Waals surface area (Å²) in [4.78, 5) is 29.4. The van der Waals surface area contributed by atoms with Crippen molar-refractivity contribution in [1.82, 2.24) is 10.3 Å². The number of hydrogen-bond donors (Lipinski definition) is 2. The van der Waals surface area contributed by atoms with E-state index in [1.54, 1.807) is 24.3 Å². The monoisotopic (exact) mass is 421 g/mol. The summed E-state index contributed by atoms with van der Waals surface area (Å²) in [6.07, 6.45) is 1.78. The van der Waals surface area contributed by atoms with Gasteiger partial charge in [0.15, 0.2) is 0 Å². The Hall–Kier alpha value is -3.74. The summed E-state index contributed by atoms with van der Waals surface area (Å²) in [6, 6.07) is 17.0. The lowest BCUT2D eigenvalue weighted by Gasteiger charge is -2.19. The molecule has 1 heterocycles. The molecule has 160 valence electrons. The molecular weight excluding hydrogens is 397 g/mol. The van der Waals surface area contributed by atoms with E-state index in [1.807, 2.05) is 32.0 Å². The molecule has 0 bridgehead atoms. The van der Waals surface area contributed by atoms with E-state index in [0.717, 1.165) is 0 Å². The fraction of sp³-hybridized carbons (Fsp3) is 0.208. The van der Waals surface area contributed by atoms with Crippen LogP contribution < -0.4 is 15.4 Å². The molecule has 2 amide bonds. The van der Waals surface area contributed by atoms with Gasteiger partial charge in [-0.15, -0.1) is 0 Å². The maximum atomic E-state index is 13.0. The fourth-order valence-electron chi connectivity index (χ4n) is 2.89. The lowest BCUT2D eigenvalue weighted by Crippen LogP contribution is -2.37. The van der Waals surface area contributed by atoms with Crippen LogP contribution in [0.5, 0.6) is 11.6 Å². The molecule has 0 aliphatic carbocycles. The second kappa shape index (κ2) is 10.3. The van der Waals surface area contributed by atoms with Gasteiger partial charge in [-0.25, -0.2) is 9.37 Å². The van der Waals surface area contributed by atoms with Crippen LogP contribution in [0.15, 0.2) is 72.9 Å². The number of aromatic nitrogens is 1. The minimum Gasteiger partial charge on any atom is -0.439 e. The number of hydrogen-bond acceptors (Lipinski definition) is 4. The van der Waals surface area contributed by atoms with Gasteiger partial charge in [-0.3, -0.25) is 9.59 Å². The Morgan fingerprint density at radius 3 is 2.32 bits per heavy atom. The Kier molecular flexibility index (Phi) is 7.32. The van der Waals surface area contributed by atoms with Crippen molar-refractivity contribution in [1.29, 1.82) is 0 Å². The molecule has 0 radical (unpaired) electrons. The van der Waals surface area contributed by atoms with E-state index in [2.05, 4.69) is 15.6 Å². The molecule has 0 aliphatic rings. The molecule has 3 rings (SSSR count). The van der Waals surface area contributed by atoms with Gasteiger partial charge in [0, 0.05) is 12.5 Å². The molecule has 1 atom stereocenters. The number of benzene rings is 2. The highest BCUT2D eigenvalue weighted by atomic mass is 19.1. The first-order valence-corrected chi connectivity index (χ1v) is 9.95. The van der Waals surface area contributed by atoms with Crippen molar-refractivity contribution in [3.63, 3.8) is 0 Å². The third-order valence-corrected chi connectivity index (χ3v) is 4.33. The van der Waals surface area contributed by atoms with Crippen LogP contribution in [0.1, 0.15) is 31.9 Å². The second-order valence-corrected chi connectivity index (χ2v) is 7.44. The van der Waals surface area contributed by atoms with Crippen LogP contribution >= 0.6 is 0 Å². The Morgan fingerprint density at radius 2 is 1.71 bits per heavy atom. The number of anilines is 1. The van der Waals surface area contributed by atoms with Crippen molar-refractivity contribution >= 4 is 17.5 Å². The molecule has 0 spiro atoms. The fourth-order valence-corrected chi connectivity index (χ4v) is 2.89. The summed E-state index contributed by atoms with van der Waals surface area (Å²) in [6.45, 7) is 3.89. The van der Waals surface area contributed by atoms with Crippen LogP contribution in [0, 0.1) is 11.7 Å². The van der Waals surface area contributed by atoms with Crippen molar-refractivity contribution in [2.45, 2.75) is 26.3 Å². The molecule has 1 aromatic heterocycles. The first kappa shape index (κ1) is 22.0. The van der Waals surface area contributed by atoms with Crippen LogP contribution in [-0.4, -0.2) is 16.8 Å². The summed E-state index contributed by atoms with van der Waals surface area (Å²) >= 11 is 0. The summed E-state index contributed by atoms with van der Waals surface area (Å²) in [5, 5.41) is 5.58. The Morgan fingerprint density at radius 1 is 1.00 bits per heavy atom. The number of halogens is 1. The summed E-state index contributed by atoms with van der Waals surface area (Å²) < 4.78 is 18.5. The van der Waals surface area contributed by atoms with Gasteiger partial charge in [-0.2, -0.15) is 0 Å². The topological polar surface area (TPSA) is 80.3 Å². The Balaban J connectivity index is 1.68. The predicted octanol–water partition coefficient (Wildman–Crippen LogP) is 4.86. The lowest BCUT2D eigenvalue weighted by atomic mass is 10.0. The van der Waals surface area contributed by atoms with Gasteiger partial charge in [0.1, 0.15) is 17.6 Å². The van der Waals surface area contributed by atoms with E-state index in [1.165, 1.54) is 30.5 Å². The van der Waals surface area contributed by atoms with Crippen molar-refractivity contribution in [2.75, 3.05) is 5.32 Å². The quantitative estimate of drug-likeness (QED) is 0.545. The first-order chi connectivity index (χ1) is 14.9. The van der Waals surface area contributed by atoms with Crippen LogP contribution in [-0.2, 0) is 9.59 Å². The Labute approximate surface area is 180 Å². The average Bonchev–Trinajstić information content (AvgIpc) is 2.75. The van der Waals surface area contributed by atoms with Gasteiger partial charge in [-0.05, 0) is 41.8 Å². The van der Waals surface area contributed by atoms with Gasteiger partial charge in [-0.1, -0.05) is 44.2 Å². The second-order valence-electron chi connectivity index (χ2n) is 7.44. The van der Waals surface area contributed by atoms with Crippen molar-refractivity contribution in [3.05, 3.63) is 84.3 Å². The molecule has 2 N–H and O–H groups in total. The van der Waals surface area contributed by atoms with E-state index in [4.69, 9.17) is 4.74 Å². The van der Waals surface area contributed by atoms with E-state index in [9.17, 15) is 14.0 Å². The standard InChI is InChI=1S/C24H24FN3O3/c1-16(2)14-21(29)28-23(17-6-4-3-5-7-17)24(30)27-19-10-13-22(26-15-19)31-20-11-8-18(25)9-12-20/h3-13,15-16,23H,14H2,1-2H3,(H,27,30)(H,28,29). The van der Waals surface area contributed by atoms with Gasteiger partial charge >= 0.3 is 0 Å². The first-order valence-electron chi connectivity index (χ1n) is 9.95. The molecule has 0 aliphatic heterocycles. The third kappa shape index (κ3) is 6.64. The molecule has 6 nitrogen and oxygen atoms in total. The normalized spacial score (nSPS) is 11.6. The summed E-state index contributed by atoms with van der Waals surface area (Å²) in [5.74, 6) is -0.00112. The highest BCUT2D eigenvalue weighted by Gasteiger charge is 2.23. The largest absolute Gasteiger partial charge is 0.439 e. The molecule has 0 saturated carbocycles. The molecule has 31 heavy (non-hydrogen) atoms. The zero-order chi connectivity index (χ0) is 22.2. The highest BCUT2D eigenvalue weighted by Crippen LogP contribution is 2.22. The van der Waals surface area contributed by atoms with E-state index in [-0.39, 0.29) is 23.5 Å². The minimum absolute atomic E-state index is 0.178. The average molecular weight is 421 g/mol. The molecule has 1 unspecified atom stereocenters. The highest BCUT2D eigenvalue weighted by molar-refractivity contribution is 5.97. The van der Waals surface area contributed by atoms with E-state index < -0.39 is 6.04 Å². The van der Waals surface area contributed by atoms with E-state index >= 15 is 0 Å². The molecule has 0 fully saturated rings. The molecule has 3 aromatic rings. The molecule has 2 aromatic carbocycles. The predicted molar refractivity (Wildman–Crippen MR) is 116 cm³/mol. The van der Waals surface area contributed by atoms with Crippen LogP contribution in [0.3, 0.4) is 0 Å². The number of amides is 2. The minimum atomic E-state index is -0.831. The Bertz CT molecular complexity index is 1010. The zero-order valence-corrected chi connectivity index (χ0v) is 17.3. The van der Waals surface area contributed by atoms with E-state index in [0.29, 0.717) is 29.3 Å². The number of rotatable bonds is 8. The summed E-state index contributed by atoms with van der Waals surface area (Å²) in [7, 11) is 0. The lowest BCUT2D eigenvalue weighted by molar-refractivity contribution is -0.127. The maximum Gasteiger partial charge on any atom is 0.251 e.